The third kappa shape index (κ3) is 4.67. The van der Waals surface area contributed by atoms with E-state index < -0.39 is 5.92 Å². The topological polar surface area (TPSA) is 52.7 Å². The molecule has 0 saturated heterocycles. The minimum Gasteiger partial charge on any atom is -0.362 e. The van der Waals surface area contributed by atoms with Crippen LogP contribution in [0.1, 0.15) is 53.0 Å². The molecule has 5 nitrogen and oxygen atoms in total. The lowest BCUT2D eigenvalue weighted by Gasteiger charge is -2.35. The zero-order valence-corrected chi connectivity index (χ0v) is 19.1. The summed E-state index contributed by atoms with van der Waals surface area (Å²) in [6.45, 7) is 14.1. The van der Waals surface area contributed by atoms with Crippen molar-refractivity contribution in [3.05, 3.63) is 57.4 Å². The van der Waals surface area contributed by atoms with Gasteiger partial charge in [0.1, 0.15) is 0 Å². The van der Waals surface area contributed by atoms with Crippen LogP contribution in [0.3, 0.4) is 0 Å². The van der Waals surface area contributed by atoms with Crippen LogP contribution in [0.5, 0.6) is 0 Å². The number of carbonyl (C=O) groups is 2. The van der Waals surface area contributed by atoms with Crippen LogP contribution in [0.25, 0.3) is 0 Å². The summed E-state index contributed by atoms with van der Waals surface area (Å²) in [7, 11) is 0. The van der Waals surface area contributed by atoms with Gasteiger partial charge in [0, 0.05) is 59.7 Å². The van der Waals surface area contributed by atoms with Crippen molar-refractivity contribution in [1.82, 2.24) is 15.1 Å². The Hall–Kier alpha value is -2.27. The zero-order chi connectivity index (χ0) is 21.7. The van der Waals surface area contributed by atoms with Gasteiger partial charge >= 0.3 is 0 Å². The van der Waals surface area contributed by atoms with Crippen LogP contribution in [0.15, 0.2) is 46.8 Å². The molecular formula is C23H32ClN3O2. The van der Waals surface area contributed by atoms with Crippen molar-refractivity contribution in [2.24, 2.45) is 0 Å². The van der Waals surface area contributed by atoms with E-state index in [1.54, 1.807) is 9.80 Å². The first-order valence-electron chi connectivity index (χ1n) is 10.3. The molecule has 0 spiro atoms. The predicted molar refractivity (Wildman–Crippen MR) is 119 cm³/mol. The van der Waals surface area contributed by atoms with Crippen LogP contribution in [-0.4, -0.2) is 47.8 Å². The lowest BCUT2D eigenvalue weighted by Crippen LogP contribution is -2.42. The van der Waals surface area contributed by atoms with Crippen molar-refractivity contribution >= 4 is 23.4 Å². The quantitative estimate of drug-likeness (QED) is 0.719. The Morgan fingerprint density at radius 1 is 0.828 bits per heavy atom. The smallest absolute Gasteiger partial charge is 0.252 e. The van der Waals surface area contributed by atoms with E-state index in [9.17, 15) is 9.59 Å². The lowest BCUT2D eigenvalue weighted by atomic mass is 9.79. The minimum absolute atomic E-state index is 0.0442. The third-order valence-electron chi connectivity index (χ3n) is 5.53. The minimum atomic E-state index is -0.435. The average molecular weight is 418 g/mol. The summed E-state index contributed by atoms with van der Waals surface area (Å²) < 4.78 is 0. The van der Waals surface area contributed by atoms with Crippen molar-refractivity contribution in [1.29, 1.82) is 0 Å². The normalized spacial score (nSPS) is 14.7. The van der Waals surface area contributed by atoms with Crippen LogP contribution in [-0.2, 0) is 9.59 Å². The first-order chi connectivity index (χ1) is 13.8. The summed E-state index contributed by atoms with van der Waals surface area (Å²) in [5.41, 5.74) is 3.71. The van der Waals surface area contributed by atoms with Gasteiger partial charge in [0.2, 0.25) is 0 Å². The Labute approximate surface area is 179 Å². The summed E-state index contributed by atoms with van der Waals surface area (Å²) in [6, 6.07) is 7.43. The van der Waals surface area contributed by atoms with Crippen molar-refractivity contribution in [2.45, 2.75) is 47.5 Å². The average Bonchev–Trinajstić information content (AvgIpc) is 2.69. The number of rotatable bonds is 7. The molecule has 6 heteroatoms. The van der Waals surface area contributed by atoms with E-state index in [1.807, 2.05) is 65.8 Å². The van der Waals surface area contributed by atoms with Crippen molar-refractivity contribution in [3.63, 3.8) is 0 Å². The van der Waals surface area contributed by atoms with Gasteiger partial charge in [0.25, 0.3) is 11.8 Å². The SMILES string of the molecule is CCN(CC)C(=O)C1=C(C)NC(C)=C(C(=O)N(CC)CC)C1c1ccc(Cl)cc1. The number of benzene rings is 1. The Morgan fingerprint density at radius 3 is 1.55 bits per heavy atom. The number of likely N-dealkylation sites (N-methyl/N-ethyl adjacent to an activating group) is 2. The highest BCUT2D eigenvalue weighted by atomic mass is 35.5. The van der Waals surface area contributed by atoms with E-state index in [2.05, 4.69) is 5.32 Å². The second-order valence-electron chi connectivity index (χ2n) is 7.14. The van der Waals surface area contributed by atoms with E-state index in [4.69, 9.17) is 11.6 Å². The van der Waals surface area contributed by atoms with Crippen LogP contribution in [0, 0.1) is 0 Å². The number of halogens is 1. The van der Waals surface area contributed by atoms with Crippen molar-refractivity contribution in [3.8, 4) is 0 Å². The molecule has 0 fully saturated rings. The van der Waals surface area contributed by atoms with Crippen molar-refractivity contribution in [2.75, 3.05) is 26.2 Å². The Morgan fingerprint density at radius 2 is 1.21 bits per heavy atom. The standard InChI is InChI=1S/C23H32ClN3O2/c1-7-26(8-2)22(28)19-15(5)25-16(6)20(23(29)27(9-3)10-4)21(19)17-11-13-18(24)14-12-17/h11-14,21,25H,7-10H2,1-6H3. The molecule has 1 aliphatic rings. The van der Waals surface area contributed by atoms with Gasteiger partial charge in [-0.3, -0.25) is 9.59 Å². The summed E-state index contributed by atoms with van der Waals surface area (Å²) in [5.74, 6) is -0.524. The van der Waals surface area contributed by atoms with Gasteiger partial charge in [-0.1, -0.05) is 23.7 Å². The first-order valence-corrected chi connectivity index (χ1v) is 10.7. The molecule has 1 aromatic rings. The maximum atomic E-state index is 13.5. The van der Waals surface area contributed by atoms with E-state index in [-0.39, 0.29) is 11.8 Å². The molecule has 2 rings (SSSR count). The second-order valence-corrected chi connectivity index (χ2v) is 7.58. The number of hydrogen-bond donors (Lipinski definition) is 1. The summed E-state index contributed by atoms with van der Waals surface area (Å²) in [5, 5.41) is 3.92. The number of carbonyl (C=O) groups excluding carboxylic acids is 2. The first kappa shape index (κ1) is 23.0. The number of amides is 2. The molecule has 0 atom stereocenters. The highest BCUT2D eigenvalue weighted by molar-refractivity contribution is 6.30. The second kappa shape index (κ2) is 9.97. The summed E-state index contributed by atoms with van der Waals surface area (Å²) >= 11 is 6.11. The maximum Gasteiger partial charge on any atom is 0.252 e. The van der Waals surface area contributed by atoms with Gasteiger partial charge in [0.15, 0.2) is 0 Å². The molecule has 1 aromatic carbocycles. The molecule has 0 aliphatic carbocycles. The molecule has 0 unspecified atom stereocenters. The fourth-order valence-electron chi connectivity index (χ4n) is 3.91. The highest BCUT2D eigenvalue weighted by Crippen LogP contribution is 2.40. The molecule has 1 N–H and O–H groups in total. The lowest BCUT2D eigenvalue weighted by molar-refractivity contribution is -0.127. The molecule has 2 amide bonds. The molecule has 0 radical (unpaired) electrons. The highest BCUT2D eigenvalue weighted by Gasteiger charge is 2.38. The monoisotopic (exact) mass is 417 g/mol. The molecule has 29 heavy (non-hydrogen) atoms. The van der Waals surface area contributed by atoms with Crippen molar-refractivity contribution < 1.29 is 9.59 Å². The Kier molecular flexibility index (Phi) is 7.91. The van der Waals surface area contributed by atoms with Gasteiger partial charge < -0.3 is 15.1 Å². The van der Waals surface area contributed by atoms with E-state index in [0.717, 1.165) is 17.0 Å². The molecule has 0 aromatic heterocycles. The Balaban J connectivity index is 2.69. The molecule has 1 heterocycles. The maximum absolute atomic E-state index is 13.5. The van der Waals surface area contributed by atoms with Crippen LogP contribution >= 0.6 is 11.6 Å². The van der Waals surface area contributed by atoms with Gasteiger partial charge in [0.05, 0.1) is 0 Å². The largest absolute Gasteiger partial charge is 0.362 e. The third-order valence-corrected chi connectivity index (χ3v) is 5.78. The van der Waals surface area contributed by atoms with Crippen LogP contribution in [0.2, 0.25) is 5.02 Å². The zero-order valence-electron chi connectivity index (χ0n) is 18.3. The fraction of sp³-hybridized carbons (Fsp3) is 0.478. The summed E-state index contributed by atoms with van der Waals surface area (Å²) in [4.78, 5) is 30.5. The van der Waals surface area contributed by atoms with Crippen LogP contribution in [0.4, 0.5) is 0 Å². The summed E-state index contributed by atoms with van der Waals surface area (Å²) in [6.07, 6.45) is 0. The molecule has 1 aliphatic heterocycles. The fourth-order valence-corrected chi connectivity index (χ4v) is 4.04. The molecule has 0 bridgehead atoms. The van der Waals surface area contributed by atoms with Gasteiger partial charge in [-0.25, -0.2) is 0 Å². The molecule has 0 saturated carbocycles. The van der Waals surface area contributed by atoms with Gasteiger partial charge in [-0.2, -0.15) is 0 Å². The van der Waals surface area contributed by atoms with E-state index in [0.29, 0.717) is 42.3 Å². The van der Waals surface area contributed by atoms with E-state index in [1.165, 1.54) is 0 Å². The number of allylic oxidation sites excluding steroid dienone is 2. The number of nitrogens with zero attached hydrogens (tertiary/aromatic N) is 2. The van der Waals surface area contributed by atoms with E-state index >= 15 is 0 Å². The molecule has 158 valence electrons. The van der Waals surface area contributed by atoms with Crippen LogP contribution < -0.4 is 5.32 Å². The number of hydrogen-bond acceptors (Lipinski definition) is 3. The van der Waals surface area contributed by atoms with Gasteiger partial charge in [-0.05, 0) is 59.2 Å². The molecular weight excluding hydrogens is 386 g/mol. The number of nitrogens with one attached hydrogen (secondary N) is 1. The van der Waals surface area contributed by atoms with Gasteiger partial charge in [-0.15, -0.1) is 0 Å². The predicted octanol–water partition coefficient (Wildman–Crippen LogP) is 4.31. The Bertz CT molecular complexity index is 773. The number of dihydropyridines is 1.